The maximum atomic E-state index is 5.93. The lowest BCUT2D eigenvalue weighted by Gasteiger charge is -2.33. The van der Waals surface area contributed by atoms with Crippen LogP contribution in [0.2, 0.25) is 5.02 Å². The van der Waals surface area contributed by atoms with Gasteiger partial charge in [-0.15, -0.1) is 0 Å². The first kappa shape index (κ1) is 12.4. The highest BCUT2D eigenvalue weighted by molar-refractivity contribution is 9.09. The molecule has 88 valence electrons. The Kier molecular flexibility index (Phi) is 3.97. The van der Waals surface area contributed by atoms with Gasteiger partial charge in [0.05, 0.1) is 0 Å². The van der Waals surface area contributed by atoms with Crippen molar-refractivity contribution < 1.29 is 0 Å². The first-order valence-corrected chi connectivity index (χ1v) is 7.37. The lowest BCUT2D eigenvalue weighted by molar-refractivity contribution is 0.279. The Labute approximate surface area is 112 Å². The van der Waals surface area contributed by atoms with Gasteiger partial charge in [-0.3, -0.25) is 0 Å². The molecule has 1 aliphatic carbocycles. The number of rotatable bonds is 3. The lowest BCUT2D eigenvalue weighted by Crippen LogP contribution is -2.21. The highest BCUT2D eigenvalue weighted by Gasteiger charge is 2.38. The van der Waals surface area contributed by atoms with Crippen LogP contribution in [0.3, 0.4) is 0 Å². The van der Waals surface area contributed by atoms with Gasteiger partial charge < -0.3 is 0 Å². The van der Waals surface area contributed by atoms with Crippen molar-refractivity contribution >= 4 is 27.5 Å². The average molecular weight is 302 g/mol. The SMILES string of the molecule is CCC1(C(Br)c2ccc(Cl)cc2)CCCC1. The van der Waals surface area contributed by atoms with E-state index in [0.29, 0.717) is 10.2 Å². The van der Waals surface area contributed by atoms with Crippen LogP contribution in [0.5, 0.6) is 0 Å². The predicted octanol–water partition coefficient (Wildman–Crippen LogP) is 5.75. The van der Waals surface area contributed by atoms with Crippen LogP contribution in [-0.2, 0) is 0 Å². The van der Waals surface area contributed by atoms with Gasteiger partial charge >= 0.3 is 0 Å². The summed E-state index contributed by atoms with van der Waals surface area (Å²) < 4.78 is 0. The largest absolute Gasteiger partial charge is 0.0843 e. The van der Waals surface area contributed by atoms with Crippen molar-refractivity contribution in [1.29, 1.82) is 0 Å². The summed E-state index contributed by atoms with van der Waals surface area (Å²) in [4.78, 5) is 0.477. The van der Waals surface area contributed by atoms with E-state index in [0.717, 1.165) is 5.02 Å². The molecule has 0 nitrogen and oxygen atoms in total. The number of hydrogen-bond donors (Lipinski definition) is 0. The molecule has 1 aromatic rings. The molecule has 1 saturated carbocycles. The summed E-state index contributed by atoms with van der Waals surface area (Å²) in [5.41, 5.74) is 1.83. The summed E-state index contributed by atoms with van der Waals surface area (Å²) in [5.74, 6) is 0. The fraction of sp³-hybridized carbons (Fsp3) is 0.571. The molecule has 2 heteroatoms. The van der Waals surface area contributed by atoms with Crippen LogP contribution in [0.4, 0.5) is 0 Å². The first-order valence-electron chi connectivity index (χ1n) is 6.07. The van der Waals surface area contributed by atoms with E-state index in [1.54, 1.807) is 0 Å². The molecular weight excluding hydrogens is 284 g/mol. The summed E-state index contributed by atoms with van der Waals surface area (Å²) in [6, 6.07) is 8.28. The van der Waals surface area contributed by atoms with Crippen LogP contribution in [0, 0.1) is 5.41 Å². The van der Waals surface area contributed by atoms with Gasteiger partial charge in [-0.25, -0.2) is 0 Å². The molecule has 0 saturated heterocycles. The Hall–Kier alpha value is -0.0100. The monoisotopic (exact) mass is 300 g/mol. The summed E-state index contributed by atoms with van der Waals surface area (Å²) in [5, 5.41) is 0.820. The molecule has 0 N–H and O–H groups in total. The fourth-order valence-electron chi connectivity index (χ4n) is 2.85. The highest BCUT2D eigenvalue weighted by Crippen LogP contribution is 2.54. The average Bonchev–Trinajstić information content (AvgIpc) is 2.79. The molecule has 16 heavy (non-hydrogen) atoms. The van der Waals surface area contributed by atoms with Crippen molar-refractivity contribution in [3.63, 3.8) is 0 Å². The second kappa shape index (κ2) is 5.10. The summed E-state index contributed by atoms with van der Waals surface area (Å²) in [6.45, 7) is 2.31. The van der Waals surface area contributed by atoms with Crippen molar-refractivity contribution in [2.45, 2.75) is 43.9 Å². The van der Waals surface area contributed by atoms with Gasteiger partial charge in [-0.2, -0.15) is 0 Å². The summed E-state index contributed by atoms with van der Waals surface area (Å²) in [7, 11) is 0. The molecule has 0 radical (unpaired) electrons. The molecule has 0 amide bonds. The van der Waals surface area contributed by atoms with Gasteiger partial charge in [0.2, 0.25) is 0 Å². The van der Waals surface area contributed by atoms with E-state index < -0.39 is 0 Å². The van der Waals surface area contributed by atoms with Crippen LogP contribution in [0.1, 0.15) is 49.4 Å². The molecule has 1 fully saturated rings. The van der Waals surface area contributed by atoms with Gasteiger partial charge in [-0.1, -0.05) is 59.4 Å². The molecule has 1 atom stereocenters. The van der Waals surface area contributed by atoms with Crippen LogP contribution in [0.25, 0.3) is 0 Å². The van der Waals surface area contributed by atoms with Crippen molar-refractivity contribution in [2.75, 3.05) is 0 Å². The first-order chi connectivity index (χ1) is 7.68. The van der Waals surface area contributed by atoms with Gasteiger partial charge in [0.1, 0.15) is 0 Å². The second-order valence-electron chi connectivity index (χ2n) is 4.84. The maximum absolute atomic E-state index is 5.93. The maximum Gasteiger partial charge on any atom is 0.0451 e. The zero-order valence-corrected chi connectivity index (χ0v) is 12.0. The molecule has 0 bridgehead atoms. The minimum atomic E-state index is 0.466. The lowest BCUT2D eigenvalue weighted by atomic mass is 9.78. The molecule has 1 unspecified atom stereocenters. The van der Waals surface area contributed by atoms with Crippen molar-refractivity contribution in [1.82, 2.24) is 0 Å². The highest BCUT2D eigenvalue weighted by atomic mass is 79.9. The summed E-state index contributed by atoms with van der Waals surface area (Å²) >= 11 is 9.84. The number of halogens is 2. The summed E-state index contributed by atoms with van der Waals surface area (Å²) in [6.07, 6.45) is 6.71. The standard InChI is InChI=1S/C14H18BrCl/c1-2-14(9-3-4-10-14)13(15)11-5-7-12(16)8-6-11/h5-8,13H,2-4,9-10H2,1H3. The minimum absolute atomic E-state index is 0.466. The van der Waals surface area contributed by atoms with E-state index in [-0.39, 0.29) is 0 Å². The molecular formula is C14H18BrCl. The van der Waals surface area contributed by atoms with Crippen LogP contribution in [-0.4, -0.2) is 0 Å². The molecule has 0 heterocycles. The predicted molar refractivity (Wildman–Crippen MR) is 74.3 cm³/mol. The van der Waals surface area contributed by atoms with Crippen LogP contribution in [0.15, 0.2) is 24.3 Å². The second-order valence-corrected chi connectivity index (χ2v) is 6.19. The third kappa shape index (κ3) is 2.31. The Morgan fingerprint density at radius 1 is 1.25 bits per heavy atom. The molecule has 1 aliphatic rings. The van der Waals surface area contributed by atoms with E-state index in [1.807, 2.05) is 12.1 Å². The van der Waals surface area contributed by atoms with Gasteiger partial charge in [0.25, 0.3) is 0 Å². The fourth-order valence-corrected chi connectivity index (χ4v) is 4.06. The number of benzene rings is 1. The van der Waals surface area contributed by atoms with E-state index in [9.17, 15) is 0 Å². The normalized spacial score (nSPS) is 20.9. The third-order valence-electron chi connectivity index (χ3n) is 4.00. The van der Waals surface area contributed by atoms with Gasteiger partial charge in [-0.05, 0) is 42.4 Å². The molecule has 0 spiro atoms. The molecule has 0 aliphatic heterocycles. The van der Waals surface area contributed by atoms with Crippen molar-refractivity contribution in [3.8, 4) is 0 Å². The van der Waals surface area contributed by atoms with Gasteiger partial charge in [0, 0.05) is 9.85 Å². The number of hydrogen-bond acceptors (Lipinski definition) is 0. The Bertz CT molecular complexity index is 338. The van der Waals surface area contributed by atoms with Crippen molar-refractivity contribution in [2.24, 2.45) is 5.41 Å². The van der Waals surface area contributed by atoms with Crippen molar-refractivity contribution in [3.05, 3.63) is 34.9 Å². The third-order valence-corrected chi connectivity index (χ3v) is 5.76. The van der Waals surface area contributed by atoms with E-state index >= 15 is 0 Å². The van der Waals surface area contributed by atoms with E-state index in [1.165, 1.54) is 37.7 Å². The molecule has 2 rings (SSSR count). The number of alkyl halides is 1. The quantitative estimate of drug-likeness (QED) is 0.624. The smallest absolute Gasteiger partial charge is 0.0451 e. The van der Waals surface area contributed by atoms with E-state index in [2.05, 4.69) is 35.0 Å². The van der Waals surface area contributed by atoms with E-state index in [4.69, 9.17) is 11.6 Å². The van der Waals surface area contributed by atoms with Crippen LogP contribution < -0.4 is 0 Å². The van der Waals surface area contributed by atoms with Crippen LogP contribution >= 0.6 is 27.5 Å². The zero-order chi connectivity index (χ0) is 11.6. The molecule has 1 aromatic carbocycles. The molecule has 0 aromatic heterocycles. The van der Waals surface area contributed by atoms with Gasteiger partial charge in [0.15, 0.2) is 0 Å². The Morgan fingerprint density at radius 3 is 2.31 bits per heavy atom. The zero-order valence-electron chi connectivity index (χ0n) is 9.68. The Morgan fingerprint density at radius 2 is 1.81 bits per heavy atom. The Balaban J connectivity index is 2.23. The minimum Gasteiger partial charge on any atom is -0.0843 e. The topological polar surface area (TPSA) is 0 Å².